The third-order valence-electron chi connectivity index (χ3n) is 1.71. The molecule has 0 saturated carbocycles. The molecule has 0 aliphatic carbocycles. The lowest BCUT2D eigenvalue weighted by Gasteiger charge is -2.20. The molecule has 1 fully saturated rings. The van der Waals surface area contributed by atoms with Crippen molar-refractivity contribution in [3.8, 4) is 0 Å². The first-order valence-corrected chi connectivity index (χ1v) is 3.50. The highest BCUT2D eigenvalue weighted by atomic mass is 16.5. The summed E-state index contributed by atoms with van der Waals surface area (Å²) in [6, 6.07) is 0. The fraction of sp³-hybridized carbons (Fsp3) is 0.857. The lowest BCUT2D eigenvalue weighted by molar-refractivity contribution is 0.206. The molecule has 2 nitrogen and oxygen atoms in total. The van der Waals surface area contributed by atoms with Crippen LogP contribution in [0.2, 0.25) is 0 Å². The van der Waals surface area contributed by atoms with Crippen molar-refractivity contribution < 1.29 is 4.74 Å². The van der Waals surface area contributed by atoms with Gasteiger partial charge in [-0.1, -0.05) is 0 Å². The minimum Gasteiger partial charge on any atom is -0.378 e. The Labute approximate surface area is 56.6 Å². The first-order valence-electron chi connectivity index (χ1n) is 3.50. The summed E-state index contributed by atoms with van der Waals surface area (Å²) in [6.07, 6.45) is 2.46. The van der Waals surface area contributed by atoms with Crippen molar-refractivity contribution in [1.29, 1.82) is 0 Å². The van der Waals surface area contributed by atoms with Gasteiger partial charge in [0.2, 0.25) is 0 Å². The van der Waals surface area contributed by atoms with Crippen LogP contribution in [0, 0.1) is 12.5 Å². The number of piperidine rings is 1. The van der Waals surface area contributed by atoms with E-state index in [-0.39, 0.29) is 0 Å². The molecule has 0 aromatic rings. The zero-order valence-electron chi connectivity index (χ0n) is 5.89. The van der Waals surface area contributed by atoms with Crippen LogP contribution in [-0.4, -0.2) is 20.2 Å². The molecule has 0 atom stereocenters. The molecule has 1 aliphatic heterocycles. The molecular formula is C7H14NO. The van der Waals surface area contributed by atoms with Gasteiger partial charge in [-0.2, -0.15) is 0 Å². The normalized spacial score (nSPS) is 22.3. The molecule has 1 rings (SSSR count). The fourth-order valence-corrected chi connectivity index (χ4v) is 1.17. The second-order valence-corrected chi connectivity index (χ2v) is 2.46. The van der Waals surface area contributed by atoms with Crippen molar-refractivity contribution >= 4 is 0 Å². The number of nitrogens with one attached hydrogen (secondary N) is 1. The van der Waals surface area contributed by atoms with Gasteiger partial charge in [-0.05, 0) is 31.8 Å². The molecule has 0 unspecified atom stereocenters. The van der Waals surface area contributed by atoms with E-state index in [1.165, 1.54) is 12.8 Å². The van der Waals surface area contributed by atoms with Crippen molar-refractivity contribution in [1.82, 2.24) is 5.32 Å². The molecule has 0 bridgehead atoms. The predicted octanol–water partition coefficient (Wildman–Crippen LogP) is 0.794. The van der Waals surface area contributed by atoms with E-state index in [1.807, 2.05) is 6.61 Å². The number of hydrogen-bond acceptors (Lipinski definition) is 2. The maximum Gasteiger partial charge on any atom is 0.0864 e. The topological polar surface area (TPSA) is 21.3 Å². The summed E-state index contributed by atoms with van der Waals surface area (Å²) >= 11 is 0. The SMILES string of the molecule is CO[CH]C1CCNCC1. The van der Waals surface area contributed by atoms with Crippen LogP contribution in [-0.2, 0) is 4.74 Å². The Kier molecular flexibility index (Phi) is 3.01. The smallest absolute Gasteiger partial charge is 0.0864 e. The molecule has 0 aromatic carbocycles. The maximum atomic E-state index is 4.93. The van der Waals surface area contributed by atoms with Crippen LogP contribution in [0.1, 0.15) is 12.8 Å². The monoisotopic (exact) mass is 128 g/mol. The zero-order chi connectivity index (χ0) is 6.53. The van der Waals surface area contributed by atoms with Crippen LogP contribution in [0.4, 0.5) is 0 Å². The Bertz CT molecular complexity index is 66.6. The molecule has 9 heavy (non-hydrogen) atoms. The lowest BCUT2D eigenvalue weighted by Crippen LogP contribution is -2.28. The second kappa shape index (κ2) is 3.85. The van der Waals surface area contributed by atoms with E-state index in [4.69, 9.17) is 4.74 Å². The van der Waals surface area contributed by atoms with Gasteiger partial charge >= 0.3 is 0 Å². The molecule has 1 saturated heterocycles. The highest BCUT2D eigenvalue weighted by Gasteiger charge is 2.11. The van der Waals surface area contributed by atoms with Crippen LogP contribution in [0.5, 0.6) is 0 Å². The van der Waals surface area contributed by atoms with Gasteiger partial charge in [0.15, 0.2) is 0 Å². The average Bonchev–Trinajstić information content (AvgIpc) is 1.91. The Morgan fingerprint density at radius 3 is 2.67 bits per heavy atom. The van der Waals surface area contributed by atoms with Crippen molar-refractivity contribution in [3.05, 3.63) is 6.61 Å². The molecule has 0 amide bonds. The van der Waals surface area contributed by atoms with E-state index >= 15 is 0 Å². The minimum atomic E-state index is 0.691. The Morgan fingerprint density at radius 2 is 2.11 bits per heavy atom. The lowest BCUT2D eigenvalue weighted by atomic mass is 10.00. The third-order valence-corrected chi connectivity index (χ3v) is 1.71. The highest BCUT2D eigenvalue weighted by molar-refractivity contribution is 4.73. The van der Waals surface area contributed by atoms with Gasteiger partial charge in [0, 0.05) is 7.11 Å². The van der Waals surface area contributed by atoms with Crippen LogP contribution in [0.3, 0.4) is 0 Å². The summed E-state index contributed by atoms with van der Waals surface area (Å²) < 4.78 is 4.93. The summed E-state index contributed by atoms with van der Waals surface area (Å²) in [5.41, 5.74) is 0. The number of methoxy groups -OCH3 is 1. The van der Waals surface area contributed by atoms with E-state index in [0.29, 0.717) is 5.92 Å². The molecule has 1 N–H and O–H groups in total. The van der Waals surface area contributed by atoms with Crippen molar-refractivity contribution in [2.24, 2.45) is 5.92 Å². The van der Waals surface area contributed by atoms with Crippen molar-refractivity contribution in [2.75, 3.05) is 20.2 Å². The largest absolute Gasteiger partial charge is 0.378 e. The summed E-state index contributed by atoms with van der Waals surface area (Å²) in [5, 5.41) is 3.30. The van der Waals surface area contributed by atoms with Gasteiger partial charge in [0.05, 0.1) is 6.61 Å². The molecule has 1 aliphatic rings. The van der Waals surface area contributed by atoms with Gasteiger partial charge < -0.3 is 10.1 Å². The zero-order valence-corrected chi connectivity index (χ0v) is 5.89. The van der Waals surface area contributed by atoms with Gasteiger partial charge in [-0.3, -0.25) is 0 Å². The number of ether oxygens (including phenoxy) is 1. The molecule has 53 valence electrons. The second-order valence-electron chi connectivity index (χ2n) is 2.46. The Balaban J connectivity index is 2.08. The van der Waals surface area contributed by atoms with Crippen molar-refractivity contribution in [2.45, 2.75) is 12.8 Å². The molecular weight excluding hydrogens is 114 g/mol. The van der Waals surface area contributed by atoms with Crippen LogP contribution in [0.15, 0.2) is 0 Å². The molecule has 2 heteroatoms. The average molecular weight is 128 g/mol. The molecule has 1 heterocycles. The number of hydrogen-bond donors (Lipinski definition) is 1. The summed E-state index contributed by atoms with van der Waals surface area (Å²) in [4.78, 5) is 0. The van der Waals surface area contributed by atoms with E-state index < -0.39 is 0 Å². The molecule has 0 aromatic heterocycles. The standard InChI is InChI=1S/C7H14NO/c1-9-6-7-2-4-8-5-3-7/h6-8H,2-5H2,1H3. The van der Waals surface area contributed by atoms with Gasteiger partial charge in [-0.25, -0.2) is 0 Å². The third kappa shape index (κ3) is 2.33. The van der Waals surface area contributed by atoms with Gasteiger partial charge in [0.1, 0.15) is 0 Å². The Morgan fingerprint density at radius 1 is 1.44 bits per heavy atom. The van der Waals surface area contributed by atoms with Crippen LogP contribution >= 0.6 is 0 Å². The number of rotatable bonds is 2. The van der Waals surface area contributed by atoms with E-state index in [0.717, 1.165) is 13.1 Å². The quantitative estimate of drug-likeness (QED) is 0.593. The first-order chi connectivity index (χ1) is 4.43. The van der Waals surface area contributed by atoms with Crippen LogP contribution < -0.4 is 5.32 Å². The van der Waals surface area contributed by atoms with E-state index in [2.05, 4.69) is 5.32 Å². The fourth-order valence-electron chi connectivity index (χ4n) is 1.17. The van der Waals surface area contributed by atoms with Gasteiger partial charge in [-0.15, -0.1) is 0 Å². The van der Waals surface area contributed by atoms with Crippen LogP contribution in [0.25, 0.3) is 0 Å². The minimum absolute atomic E-state index is 0.691. The summed E-state index contributed by atoms with van der Waals surface area (Å²) in [5.74, 6) is 0.691. The van der Waals surface area contributed by atoms with Crippen molar-refractivity contribution in [3.63, 3.8) is 0 Å². The Hall–Kier alpha value is -0.0800. The van der Waals surface area contributed by atoms with E-state index in [1.54, 1.807) is 7.11 Å². The maximum absolute atomic E-state index is 4.93. The predicted molar refractivity (Wildman–Crippen MR) is 36.9 cm³/mol. The highest BCUT2D eigenvalue weighted by Crippen LogP contribution is 2.13. The summed E-state index contributed by atoms with van der Waals surface area (Å²) in [7, 11) is 1.72. The first kappa shape index (κ1) is 7.03. The van der Waals surface area contributed by atoms with E-state index in [9.17, 15) is 0 Å². The molecule has 1 radical (unpaired) electrons. The molecule has 0 spiro atoms. The summed E-state index contributed by atoms with van der Waals surface area (Å²) in [6.45, 7) is 4.23. The van der Waals surface area contributed by atoms with Gasteiger partial charge in [0.25, 0.3) is 0 Å².